The molecule has 0 amide bonds. The standard InChI is InChI=1S/C28H44O2Si/c1-8-19-17-24-20(18-26(19)30-31(6,7)27(2,3)4)9-11-23-22(24)13-15-28(5)21(14-16-29)10-12-25(23)28/h14,17-18,22-23,25,29H,8-13,15-16H2,1-7H3/t22?,23?,25?,28-/m1/s1. The predicted octanol–water partition coefficient (Wildman–Crippen LogP) is 7.41. The van der Waals surface area contributed by atoms with E-state index in [1.807, 2.05) is 0 Å². The molecule has 1 N–H and O–H groups in total. The summed E-state index contributed by atoms with van der Waals surface area (Å²) in [5.41, 5.74) is 6.46. The van der Waals surface area contributed by atoms with Crippen molar-refractivity contribution in [1.82, 2.24) is 0 Å². The maximum Gasteiger partial charge on any atom is 0.250 e. The summed E-state index contributed by atoms with van der Waals surface area (Å²) in [7, 11) is -1.84. The number of fused-ring (bicyclic) bond motifs is 5. The number of rotatable bonds is 4. The van der Waals surface area contributed by atoms with Crippen LogP contribution in [0.2, 0.25) is 18.1 Å². The Labute approximate surface area is 191 Å². The molecule has 3 aliphatic carbocycles. The van der Waals surface area contributed by atoms with Gasteiger partial charge in [0.05, 0.1) is 6.61 Å². The van der Waals surface area contributed by atoms with Gasteiger partial charge in [-0.25, -0.2) is 0 Å². The average Bonchev–Trinajstić information content (AvgIpc) is 3.03. The Kier molecular flexibility index (Phi) is 6.01. The van der Waals surface area contributed by atoms with E-state index in [9.17, 15) is 5.11 Å². The first-order valence-corrected chi connectivity index (χ1v) is 15.6. The van der Waals surface area contributed by atoms with Crippen LogP contribution in [0.1, 0.15) is 89.3 Å². The molecular formula is C28H44O2Si. The van der Waals surface area contributed by atoms with Crippen molar-refractivity contribution in [1.29, 1.82) is 0 Å². The molecule has 2 nitrogen and oxygen atoms in total. The SMILES string of the molecule is CCc1cc2c(cc1O[Si](C)(C)C(C)(C)C)CCC1C2CC[C@]2(C)C(=CCO)CCC12. The number of benzene rings is 1. The number of hydrogen-bond acceptors (Lipinski definition) is 2. The van der Waals surface area contributed by atoms with E-state index in [0.717, 1.165) is 18.3 Å². The van der Waals surface area contributed by atoms with Crippen molar-refractivity contribution in [2.75, 3.05) is 6.61 Å². The number of aliphatic hydroxyl groups excluding tert-OH is 1. The second-order valence-electron chi connectivity index (χ2n) is 12.2. The third kappa shape index (κ3) is 3.84. The maximum absolute atomic E-state index is 9.52. The van der Waals surface area contributed by atoms with Crippen molar-refractivity contribution in [2.45, 2.75) is 104 Å². The van der Waals surface area contributed by atoms with Gasteiger partial charge in [-0.1, -0.05) is 52.3 Å². The molecule has 2 saturated carbocycles. The minimum Gasteiger partial charge on any atom is -0.543 e. The molecule has 0 spiro atoms. The highest BCUT2D eigenvalue weighted by Gasteiger charge is 2.52. The van der Waals surface area contributed by atoms with Gasteiger partial charge < -0.3 is 9.53 Å². The fourth-order valence-electron chi connectivity index (χ4n) is 6.74. The molecule has 3 heteroatoms. The van der Waals surface area contributed by atoms with Gasteiger partial charge in [-0.05, 0) is 109 Å². The van der Waals surface area contributed by atoms with Crippen LogP contribution in [0.15, 0.2) is 23.8 Å². The van der Waals surface area contributed by atoms with Crippen LogP contribution in [0.3, 0.4) is 0 Å². The third-order valence-electron chi connectivity index (χ3n) is 9.64. The number of allylic oxidation sites excluding steroid dienone is 1. The van der Waals surface area contributed by atoms with Crippen LogP contribution in [-0.4, -0.2) is 20.0 Å². The highest BCUT2D eigenvalue weighted by Crippen LogP contribution is 2.63. The summed E-state index contributed by atoms with van der Waals surface area (Å²) in [6, 6.07) is 4.97. The van der Waals surface area contributed by atoms with Crippen LogP contribution in [0.4, 0.5) is 0 Å². The summed E-state index contributed by atoms with van der Waals surface area (Å²) in [4.78, 5) is 0. The molecule has 4 rings (SSSR count). The van der Waals surface area contributed by atoms with E-state index >= 15 is 0 Å². The zero-order chi connectivity index (χ0) is 22.6. The van der Waals surface area contributed by atoms with Crippen LogP contribution >= 0.6 is 0 Å². The van der Waals surface area contributed by atoms with Crippen LogP contribution in [0.5, 0.6) is 5.75 Å². The topological polar surface area (TPSA) is 29.5 Å². The van der Waals surface area contributed by atoms with Gasteiger partial charge in [0.2, 0.25) is 8.32 Å². The Balaban J connectivity index is 1.66. The van der Waals surface area contributed by atoms with Gasteiger partial charge in [0.1, 0.15) is 5.75 Å². The molecule has 0 saturated heterocycles. The van der Waals surface area contributed by atoms with Crippen molar-refractivity contribution in [3.05, 3.63) is 40.5 Å². The molecule has 0 radical (unpaired) electrons. The van der Waals surface area contributed by atoms with E-state index in [1.54, 1.807) is 11.1 Å². The minimum absolute atomic E-state index is 0.200. The molecule has 1 aromatic carbocycles. The summed E-state index contributed by atoms with van der Waals surface area (Å²) in [5, 5.41) is 9.74. The summed E-state index contributed by atoms with van der Waals surface area (Å²) >= 11 is 0. The molecule has 0 heterocycles. The van der Waals surface area contributed by atoms with Crippen molar-refractivity contribution in [3.8, 4) is 5.75 Å². The van der Waals surface area contributed by atoms with E-state index in [4.69, 9.17) is 4.43 Å². The number of aliphatic hydroxyl groups is 1. The van der Waals surface area contributed by atoms with E-state index in [1.165, 1.54) is 55.4 Å². The average molecular weight is 441 g/mol. The molecule has 3 unspecified atom stereocenters. The first-order valence-electron chi connectivity index (χ1n) is 12.7. The maximum atomic E-state index is 9.52. The molecule has 2 fully saturated rings. The Morgan fingerprint density at radius 3 is 2.55 bits per heavy atom. The Morgan fingerprint density at radius 1 is 1.16 bits per heavy atom. The van der Waals surface area contributed by atoms with E-state index in [-0.39, 0.29) is 11.6 Å². The molecule has 31 heavy (non-hydrogen) atoms. The quantitative estimate of drug-likeness (QED) is 0.390. The molecule has 4 atom stereocenters. The van der Waals surface area contributed by atoms with E-state index in [2.05, 4.69) is 65.9 Å². The second kappa shape index (κ2) is 8.06. The number of aryl methyl sites for hydroxylation is 2. The highest BCUT2D eigenvalue weighted by atomic mass is 28.4. The third-order valence-corrected chi connectivity index (χ3v) is 14.0. The fraction of sp³-hybridized carbons (Fsp3) is 0.714. The summed E-state index contributed by atoms with van der Waals surface area (Å²) in [6.45, 7) is 16.7. The zero-order valence-electron chi connectivity index (χ0n) is 21.0. The van der Waals surface area contributed by atoms with Gasteiger partial charge in [-0.2, -0.15) is 0 Å². The first-order chi connectivity index (χ1) is 14.5. The summed E-state index contributed by atoms with van der Waals surface area (Å²) < 4.78 is 6.82. The van der Waals surface area contributed by atoms with Crippen molar-refractivity contribution >= 4 is 8.32 Å². The van der Waals surface area contributed by atoms with E-state index < -0.39 is 8.32 Å². The molecule has 0 aromatic heterocycles. The Morgan fingerprint density at radius 2 is 1.90 bits per heavy atom. The van der Waals surface area contributed by atoms with Gasteiger partial charge in [0.15, 0.2) is 0 Å². The summed E-state index contributed by atoms with van der Waals surface area (Å²) in [6.07, 6.45) is 10.7. The lowest BCUT2D eigenvalue weighted by Crippen LogP contribution is -2.44. The van der Waals surface area contributed by atoms with Crippen LogP contribution < -0.4 is 4.43 Å². The highest BCUT2D eigenvalue weighted by molar-refractivity contribution is 6.74. The lowest BCUT2D eigenvalue weighted by molar-refractivity contribution is 0.0809. The van der Waals surface area contributed by atoms with Crippen LogP contribution in [0.25, 0.3) is 0 Å². The zero-order valence-corrected chi connectivity index (χ0v) is 22.0. The molecule has 3 aliphatic rings. The minimum atomic E-state index is -1.84. The molecule has 0 bridgehead atoms. The van der Waals surface area contributed by atoms with Gasteiger partial charge >= 0.3 is 0 Å². The summed E-state index contributed by atoms with van der Waals surface area (Å²) in [5.74, 6) is 3.46. The largest absolute Gasteiger partial charge is 0.543 e. The normalized spacial score (nSPS) is 31.9. The van der Waals surface area contributed by atoms with Crippen molar-refractivity contribution < 1.29 is 9.53 Å². The lowest BCUT2D eigenvalue weighted by Gasteiger charge is -2.50. The van der Waals surface area contributed by atoms with Crippen LogP contribution in [0, 0.1) is 17.3 Å². The Hall–Kier alpha value is -1.06. The van der Waals surface area contributed by atoms with Gasteiger partial charge in [-0.3, -0.25) is 0 Å². The number of hydrogen-bond donors (Lipinski definition) is 1. The van der Waals surface area contributed by atoms with Crippen molar-refractivity contribution in [2.24, 2.45) is 17.3 Å². The smallest absolute Gasteiger partial charge is 0.250 e. The van der Waals surface area contributed by atoms with Gasteiger partial charge in [0.25, 0.3) is 0 Å². The first kappa shape index (κ1) is 23.1. The van der Waals surface area contributed by atoms with Crippen molar-refractivity contribution in [3.63, 3.8) is 0 Å². The second-order valence-corrected chi connectivity index (χ2v) is 16.9. The lowest BCUT2D eigenvalue weighted by atomic mass is 9.55. The Bertz CT molecular complexity index is 862. The molecule has 0 aliphatic heterocycles. The monoisotopic (exact) mass is 440 g/mol. The molecule has 1 aromatic rings. The molecule has 172 valence electrons. The van der Waals surface area contributed by atoms with E-state index in [0.29, 0.717) is 11.3 Å². The fourth-order valence-corrected chi connectivity index (χ4v) is 7.78. The van der Waals surface area contributed by atoms with Crippen LogP contribution in [-0.2, 0) is 12.8 Å². The van der Waals surface area contributed by atoms with Gasteiger partial charge in [-0.15, -0.1) is 0 Å². The predicted molar refractivity (Wildman–Crippen MR) is 133 cm³/mol. The molecular weight excluding hydrogens is 396 g/mol. The van der Waals surface area contributed by atoms with Gasteiger partial charge in [0, 0.05) is 0 Å².